The number of rotatable bonds is 5. The number of nitrogens with zero attached hydrogens (tertiary/aromatic N) is 3. The Labute approximate surface area is 114 Å². The predicted molar refractivity (Wildman–Crippen MR) is 74.8 cm³/mol. The van der Waals surface area contributed by atoms with Gasteiger partial charge in [0.2, 0.25) is 0 Å². The molecule has 0 saturated carbocycles. The van der Waals surface area contributed by atoms with Crippen LogP contribution in [-0.4, -0.2) is 40.1 Å². The monoisotopic (exact) mass is 270 g/mol. The van der Waals surface area contributed by atoms with Gasteiger partial charge in [0.15, 0.2) is 0 Å². The molecule has 1 fully saturated rings. The molecule has 2 rings (SSSR count). The molecule has 1 N–H and O–H groups in total. The lowest BCUT2D eigenvalue weighted by Gasteiger charge is -2.34. The summed E-state index contributed by atoms with van der Waals surface area (Å²) in [5.41, 5.74) is 0. The van der Waals surface area contributed by atoms with E-state index in [1.165, 1.54) is 19.3 Å². The number of nitrogens with one attached hydrogen (secondary N) is 1. The van der Waals surface area contributed by atoms with Gasteiger partial charge in [0, 0.05) is 19.6 Å². The average Bonchev–Trinajstić information content (AvgIpc) is 2.71. The van der Waals surface area contributed by atoms with Crippen LogP contribution in [0.25, 0.3) is 0 Å². The summed E-state index contributed by atoms with van der Waals surface area (Å²) in [5.74, 6) is 1.05. The smallest absolute Gasteiger partial charge is 0.128 e. The number of hydrogen-bond donors (Lipinski definition) is 1. The first-order valence-corrected chi connectivity index (χ1v) is 7.21. The molecule has 18 heavy (non-hydrogen) atoms. The Kier molecular flexibility index (Phi) is 5.03. The molecule has 2 heterocycles. The van der Waals surface area contributed by atoms with Crippen molar-refractivity contribution in [2.24, 2.45) is 7.05 Å². The summed E-state index contributed by atoms with van der Waals surface area (Å²) in [6.45, 7) is 6.50. The normalized spacial score (nSPS) is 20.6. The molecule has 1 unspecified atom stereocenters. The zero-order chi connectivity index (χ0) is 13.0. The molecular formula is C13H23ClN4. The molecule has 1 aromatic heterocycles. The third-order valence-corrected chi connectivity index (χ3v) is 4.02. The lowest BCUT2D eigenvalue weighted by atomic mass is 10.1. The van der Waals surface area contributed by atoms with Crippen molar-refractivity contribution < 1.29 is 0 Å². The van der Waals surface area contributed by atoms with Gasteiger partial charge in [-0.05, 0) is 32.4 Å². The van der Waals surface area contributed by atoms with E-state index in [1.54, 1.807) is 6.20 Å². The van der Waals surface area contributed by atoms with Crippen molar-refractivity contribution in [1.29, 1.82) is 0 Å². The highest BCUT2D eigenvalue weighted by atomic mass is 35.5. The molecule has 0 spiro atoms. The van der Waals surface area contributed by atoms with Gasteiger partial charge in [-0.3, -0.25) is 4.90 Å². The summed E-state index contributed by atoms with van der Waals surface area (Å²) >= 11 is 6.05. The quantitative estimate of drug-likeness (QED) is 0.889. The van der Waals surface area contributed by atoms with Crippen LogP contribution in [0.3, 0.4) is 0 Å². The highest BCUT2D eigenvalue weighted by Gasteiger charge is 2.21. The minimum atomic E-state index is 0.633. The standard InChI is InChI=1S/C13H23ClN4/c1-3-7-18(11-5-4-6-15-8-11)10-13-16-9-12(14)17(13)2/h9,11,15H,3-8,10H2,1-2H3. The van der Waals surface area contributed by atoms with E-state index in [1.807, 2.05) is 11.6 Å². The lowest BCUT2D eigenvalue weighted by Crippen LogP contribution is -2.46. The Bertz CT molecular complexity index is 371. The second-order valence-corrected chi connectivity index (χ2v) is 5.41. The molecular weight excluding hydrogens is 248 g/mol. The first-order chi connectivity index (χ1) is 8.72. The molecule has 0 aliphatic carbocycles. The van der Waals surface area contributed by atoms with Gasteiger partial charge in [0.05, 0.1) is 12.7 Å². The minimum absolute atomic E-state index is 0.633. The first-order valence-electron chi connectivity index (χ1n) is 6.83. The van der Waals surface area contributed by atoms with Crippen molar-refractivity contribution in [3.63, 3.8) is 0 Å². The fourth-order valence-electron chi connectivity index (χ4n) is 2.58. The van der Waals surface area contributed by atoms with E-state index in [-0.39, 0.29) is 0 Å². The van der Waals surface area contributed by atoms with E-state index in [9.17, 15) is 0 Å². The summed E-state index contributed by atoms with van der Waals surface area (Å²) in [6.07, 6.45) is 5.46. The van der Waals surface area contributed by atoms with Gasteiger partial charge in [-0.25, -0.2) is 4.98 Å². The van der Waals surface area contributed by atoms with Gasteiger partial charge >= 0.3 is 0 Å². The third kappa shape index (κ3) is 3.25. The Morgan fingerprint density at radius 2 is 2.44 bits per heavy atom. The van der Waals surface area contributed by atoms with Crippen LogP contribution in [0.5, 0.6) is 0 Å². The fraction of sp³-hybridized carbons (Fsp3) is 0.769. The van der Waals surface area contributed by atoms with Crippen LogP contribution in [0.4, 0.5) is 0 Å². The molecule has 1 saturated heterocycles. The molecule has 0 bridgehead atoms. The Morgan fingerprint density at radius 1 is 1.61 bits per heavy atom. The SMILES string of the molecule is CCCN(Cc1ncc(Cl)n1C)C1CCCNC1. The molecule has 0 radical (unpaired) electrons. The van der Waals surface area contributed by atoms with Crippen molar-refractivity contribution >= 4 is 11.6 Å². The van der Waals surface area contributed by atoms with Crippen LogP contribution >= 0.6 is 11.6 Å². The van der Waals surface area contributed by atoms with E-state index in [0.717, 1.165) is 32.0 Å². The second-order valence-electron chi connectivity index (χ2n) is 5.03. The van der Waals surface area contributed by atoms with E-state index in [0.29, 0.717) is 11.2 Å². The molecule has 1 aliphatic rings. The van der Waals surface area contributed by atoms with Gasteiger partial charge in [0.1, 0.15) is 11.0 Å². The lowest BCUT2D eigenvalue weighted by molar-refractivity contribution is 0.153. The molecule has 1 aliphatic heterocycles. The molecule has 5 heteroatoms. The van der Waals surface area contributed by atoms with Crippen molar-refractivity contribution in [1.82, 2.24) is 19.8 Å². The Balaban J connectivity index is 2.03. The van der Waals surface area contributed by atoms with E-state index in [4.69, 9.17) is 11.6 Å². The third-order valence-electron chi connectivity index (χ3n) is 3.67. The summed E-state index contributed by atoms with van der Waals surface area (Å²) in [6, 6.07) is 0.633. The minimum Gasteiger partial charge on any atom is -0.321 e. The summed E-state index contributed by atoms with van der Waals surface area (Å²) in [5, 5.41) is 4.20. The molecule has 0 amide bonds. The van der Waals surface area contributed by atoms with Crippen molar-refractivity contribution in [3.05, 3.63) is 17.2 Å². The van der Waals surface area contributed by atoms with E-state index < -0.39 is 0 Å². The highest BCUT2D eigenvalue weighted by Crippen LogP contribution is 2.16. The van der Waals surface area contributed by atoms with Gasteiger partial charge in [-0.15, -0.1) is 0 Å². The number of piperidine rings is 1. The Morgan fingerprint density at radius 3 is 3.00 bits per heavy atom. The Hall–Kier alpha value is -0.580. The summed E-state index contributed by atoms with van der Waals surface area (Å²) < 4.78 is 1.97. The van der Waals surface area contributed by atoms with Crippen LogP contribution in [0, 0.1) is 0 Å². The van der Waals surface area contributed by atoms with Gasteiger partial charge in [-0.1, -0.05) is 18.5 Å². The summed E-state index contributed by atoms with van der Waals surface area (Å²) in [4.78, 5) is 6.93. The van der Waals surface area contributed by atoms with Crippen molar-refractivity contribution in [2.75, 3.05) is 19.6 Å². The zero-order valence-corrected chi connectivity index (χ0v) is 12.1. The van der Waals surface area contributed by atoms with Gasteiger partial charge < -0.3 is 9.88 Å². The largest absolute Gasteiger partial charge is 0.321 e. The molecule has 0 aromatic carbocycles. The van der Waals surface area contributed by atoms with Gasteiger partial charge in [0.25, 0.3) is 0 Å². The molecule has 1 aromatic rings. The molecule has 4 nitrogen and oxygen atoms in total. The maximum Gasteiger partial charge on any atom is 0.128 e. The van der Waals surface area contributed by atoms with E-state index >= 15 is 0 Å². The highest BCUT2D eigenvalue weighted by molar-refractivity contribution is 6.29. The topological polar surface area (TPSA) is 33.1 Å². The van der Waals surface area contributed by atoms with Gasteiger partial charge in [-0.2, -0.15) is 0 Å². The van der Waals surface area contributed by atoms with Crippen LogP contribution in [0.2, 0.25) is 5.15 Å². The maximum atomic E-state index is 6.05. The van der Waals surface area contributed by atoms with Crippen LogP contribution < -0.4 is 5.32 Å². The predicted octanol–water partition coefficient (Wildman–Crippen LogP) is 2.04. The maximum absolute atomic E-state index is 6.05. The molecule has 102 valence electrons. The van der Waals surface area contributed by atoms with Crippen LogP contribution in [0.1, 0.15) is 32.0 Å². The summed E-state index contributed by atoms with van der Waals surface area (Å²) in [7, 11) is 1.98. The average molecular weight is 271 g/mol. The van der Waals surface area contributed by atoms with Crippen LogP contribution in [0.15, 0.2) is 6.20 Å². The van der Waals surface area contributed by atoms with Crippen LogP contribution in [-0.2, 0) is 13.6 Å². The number of imidazole rings is 1. The molecule has 1 atom stereocenters. The number of halogens is 1. The number of aromatic nitrogens is 2. The fourth-order valence-corrected chi connectivity index (χ4v) is 2.72. The number of hydrogen-bond acceptors (Lipinski definition) is 3. The first kappa shape index (κ1) is 13.8. The second kappa shape index (κ2) is 6.55. The van der Waals surface area contributed by atoms with Crippen molar-refractivity contribution in [2.45, 2.75) is 38.8 Å². The van der Waals surface area contributed by atoms with Crippen molar-refractivity contribution in [3.8, 4) is 0 Å². The zero-order valence-electron chi connectivity index (χ0n) is 11.3. The van der Waals surface area contributed by atoms with E-state index in [2.05, 4.69) is 22.1 Å².